The normalized spacial score (nSPS) is 41.0. The van der Waals surface area contributed by atoms with Gasteiger partial charge in [-0.3, -0.25) is 4.79 Å². The largest absolute Gasteiger partial charge is 0.346 e. The number of rotatable bonds is 2. The maximum Gasteiger partial charge on any atom is 0.237 e. The summed E-state index contributed by atoms with van der Waals surface area (Å²) in [6.45, 7) is 4.14. The number of carbonyl (C=O) groups excluding carboxylic acids is 1. The van der Waals surface area contributed by atoms with Crippen LogP contribution < -0.4 is 0 Å². The highest BCUT2D eigenvalue weighted by molar-refractivity contribution is 8.04. The van der Waals surface area contributed by atoms with E-state index in [1.807, 2.05) is 13.0 Å². The van der Waals surface area contributed by atoms with Crippen molar-refractivity contribution in [1.29, 1.82) is 5.26 Å². The second-order valence-corrected chi connectivity index (χ2v) is 7.18. The number of fused-ring (bicyclic) bond motifs is 1. The lowest BCUT2D eigenvalue weighted by atomic mass is 9.54. The van der Waals surface area contributed by atoms with Gasteiger partial charge >= 0.3 is 0 Å². The number of carbonyl (C=O) groups is 1. The number of hydrogen-bond acceptors (Lipinski definition) is 5. The topological polar surface area (TPSA) is 59.3 Å². The minimum absolute atomic E-state index is 0.0724. The van der Waals surface area contributed by atoms with Gasteiger partial charge in [-0.05, 0) is 11.8 Å². The molecule has 1 fully saturated rings. The molecule has 0 radical (unpaired) electrons. The van der Waals surface area contributed by atoms with Crippen molar-refractivity contribution in [3.63, 3.8) is 0 Å². The van der Waals surface area contributed by atoms with E-state index in [2.05, 4.69) is 19.1 Å². The van der Waals surface area contributed by atoms with E-state index in [1.165, 1.54) is 19.1 Å². The highest BCUT2D eigenvalue weighted by Crippen LogP contribution is 2.64. The molecule has 3 aliphatic carbocycles. The van der Waals surface area contributed by atoms with Gasteiger partial charge in [0.2, 0.25) is 5.79 Å². The molecule has 4 rings (SSSR count). The molecule has 0 aromatic heterocycles. The van der Waals surface area contributed by atoms with Crippen LogP contribution in [0.25, 0.3) is 0 Å². The zero-order chi connectivity index (χ0) is 14.7. The van der Waals surface area contributed by atoms with E-state index < -0.39 is 5.79 Å². The molecule has 0 spiro atoms. The smallest absolute Gasteiger partial charge is 0.237 e. The number of ether oxygens (including phenoxy) is 2. The van der Waals surface area contributed by atoms with Crippen molar-refractivity contribution in [2.24, 2.45) is 17.3 Å². The Balaban J connectivity index is 2.23. The van der Waals surface area contributed by atoms with Crippen molar-refractivity contribution < 1.29 is 14.3 Å². The Labute approximate surface area is 122 Å². The van der Waals surface area contributed by atoms with Crippen LogP contribution in [0.4, 0.5) is 0 Å². The van der Waals surface area contributed by atoms with Gasteiger partial charge in [0.1, 0.15) is 0 Å². The molecule has 1 aliphatic heterocycles. The van der Waals surface area contributed by atoms with Crippen LogP contribution in [-0.2, 0) is 14.3 Å². The summed E-state index contributed by atoms with van der Waals surface area (Å²) in [5.74, 6) is -2.11. The summed E-state index contributed by atoms with van der Waals surface area (Å²) in [4.78, 5) is 14.0. The van der Waals surface area contributed by atoms with E-state index in [0.717, 1.165) is 0 Å². The van der Waals surface area contributed by atoms with E-state index in [1.54, 1.807) is 11.8 Å². The fraction of sp³-hybridized carbons (Fsp3) is 0.600. The van der Waals surface area contributed by atoms with Crippen LogP contribution >= 0.6 is 11.8 Å². The Morgan fingerprint density at radius 1 is 1.40 bits per heavy atom. The van der Waals surface area contributed by atoms with Gasteiger partial charge in [0.25, 0.3) is 0 Å². The Morgan fingerprint density at radius 3 is 2.60 bits per heavy atom. The van der Waals surface area contributed by atoms with Crippen LogP contribution in [-0.4, -0.2) is 31.0 Å². The molecule has 2 bridgehead atoms. The molecule has 4 unspecified atom stereocenters. The van der Waals surface area contributed by atoms with Gasteiger partial charge in [-0.15, -0.1) is 11.8 Å². The van der Waals surface area contributed by atoms with E-state index in [4.69, 9.17) is 9.47 Å². The fourth-order valence-electron chi connectivity index (χ4n) is 3.98. The Kier molecular flexibility index (Phi) is 2.91. The minimum Gasteiger partial charge on any atom is -0.346 e. The molecule has 0 aromatic carbocycles. The molecular formula is C15H17NO3S. The minimum atomic E-state index is -1.32. The van der Waals surface area contributed by atoms with Crippen LogP contribution in [0.3, 0.4) is 0 Å². The second kappa shape index (κ2) is 4.20. The number of nitriles is 1. The standard InChI is InChI=1S/C15H17NO3S/c1-8-6-14(2)10-5-9(7-16)11(13(14)20-8)15(18-3,19-4)12(10)17/h5-6,10-11,13H,1-4H3. The first-order valence-corrected chi connectivity index (χ1v) is 7.45. The predicted molar refractivity (Wildman–Crippen MR) is 75.7 cm³/mol. The monoisotopic (exact) mass is 291 g/mol. The quantitative estimate of drug-likeness (QED) is 0.730. The van der Waals surface area contributed by atoms with Gasteiger partial charge in [0, 0.05) is 30.5 Å². The third kappa shape index (κ3) is 1.37. The maximum absolute atomic E-state index is 12.8. The highest BCUT2D eigenvalue weighted by Gasteiger charge is 2.69. The molecule has 4 aliphatic rings. The zero-order valence-corrected chi connectivity index (χ0v) is 12.8. The maximum atomic E-state index is 12.8. The van der Waals surface area contributed by atoms with E-state index >= 15 is 0 Å². The number of methoxy groups -OCH3 is 2. The Bertz CT molecular complexity index is 584. The van der Waals surface area contributed by atoms with Crippen molar-refractivity contribution in [3.05, 3.63) is 22.6 Å². The van der Waals surface area contributed by atoms with Crippen molar-refractivity contribution in [2.75, 3.05) is 14.2 Å². The first kappa shape index (κ1) is 13.9. The molecule has 0 aromatic rings. The zero-order valence-electron chi connectivity index (χ0n) is 12.0. The summed E-state index contributed by atoms with van der Waals surface area (Å²) < 4.78 is 11.0. The number of nitrogens with zero attached hydrogens (tertiary/aromatic N) is 1. The van der Waals surface area contributed by atoms with E-state index in [9.17, 15) is 10.1 Å². The molecule has 5 heteroatoms. The average Bonchev–Trinajstić information content (AvgIpc) is 2.75. The molecule has 0 N–H and O–H groups in total. The molecule has 1 heterocycles. The number of hydrogen-bond donors (Lipinski definition) is 0. The lowest BCUT2D eigenvalue weighted by molar-refractivity contribution is -0.242. The van der Waals surface area contributed by atoms with Crippen LogP contribution in [0, 0.1) is 28.6 Å². The third-order valence-electron chi connectivity index (χ3n) is 4.87. The van der Waals surface area contributed by atoms with Gasteiger partial charge in [-0.2, -0.15) is 5.26 Å². The van der Waals surface area contributed by atoms with Crippen molar-refractivity contribution in [2.45, 2.75) is 24.9 Å². The number of thioether (sulfide) groups is 1. The van der Waals surface area contributed by atoms with Gasteiger partial charge in [-0.1, -0.05) is 19.1 Å². The van der Waals surface area contributed by atoms with Crippen molar-refractivity contribution in [3.8, 4) is 6.07 Å². The third-order valence-corrected chi connectivity index (χ3v) is 6.39. The van der Waals surface area contributed by atoms with Gasteiger partial charge in [0.05, 0.1) is 17.9 Å². The molecule has 20 heavy (non-hydrogen) atoms. The fourth-order valence-corrected chi connectivity index (χ4v) is 5.63. The number of Topliss-reactive ketones (excluding diaryl/α,β-unsaturated/α-hetero) is 1. The molecular weight excluding hydrogens is 274 g/mol. The molecule has 1 saturated carbocycles. The van der Waals surface area contributed by atoms with E-state index in [0.29, 0.717) is 5.57 Å². The summed E-state index contributed by atoms with van der Waals surface area (Å²) >= 11 is 1.72. The molecule has 4 nitrogen and oxygen atoms in total. The van der Waals surface area contributed by atoms with Gasteiger partial charge < -0.3 is 9.47 Å². The summed E-state index contributed by atoms with van der Waals surface area (Å²) in [5.41, 5.74) is 0.355. The van der Waals surface area contributed by atoms with Crippen molar-refractivity contribution >= 4 is 17.5 Å². The SMILES string of the molecule is COC1(OC)C(=O)C2C=C(C#N)C1C1SC(C)=CC21C. The van der Waals surface area contributed by atoms with Crippen molar-refractivity contribution in [1.82, 2.24) is 0 Å². The molecule has 0 saturated heterocycles. The average molecular weight is 291 g/mol. The summed E-state index contributed by atoms with van der Waals surface area (Å²) in [6.07, 6.45) is 3.98. The second-order valence-electron chi connectivity index (χ2n) is 5.79. The van der Waals surface area contributed by atoms with Crippen LogP contribution in [0.2, 0.25) is 0 Å². The number of allylic oxidation sites excluding steroid dienone is 3. The molecule has 4 atom stereocenters. The Morgan fingerprint density at radius 2 is 2.05 bits per heavy atom. The Hall–Kier alpha value is -1.09. The lowest BCUT2D eigenvalue weighted by Crippen LogP contribution is -2.67. The van der Waals surface area contributed by atoms with Gasteiger partial charge in [0.15, 0.2) is 5.78 Å². The lowest BCUT2D eigenvalue weighted by Gasteiger charge is -2.55. The first-order valence-electron chi connectivity index (χ1n) is 6.57. The highest BCUT2D eigenvalue weighted by atomic mass is 32.2. The van der Waals surface area contributed by atoms with Crippen LogP contribution in [0.15, 0.2) is 22.6 Å². The first-order chi connectivity index (χ1) is 9.44. The van der Waals surface area contributed by atoms with Gasteiger partial charge in [-0.25, -0.2) is 0 Å². The number of ketones is 1. The van der Waals surface area contributed by atoms with E-state index in [-0.39, 0.29) is 28.3 Å². The summed E-state index contributed by atoms with van der Waals surface area (Å²) in [7, 11) is 2.96. The van der Waals surface area contributed by atoms with Crippen LogP contribution in [0.1, 0.15) is 13.8 Å². The summed E-state index contributed by atoms with van der Waals surface area (Å²) in [5, 5.41) is 9.53. The predicted octanol–water partition coefficient (Wildman–Crippen LogP) is 2.28. The molecule has 106 valence electrons. The summed E-state index contributed by atoms with van der Waals surface area (Å²) in [6, 6.07) is 2.24. The molecule has 0 amide bonds. The van der Waals surface area contributed by atoms with Crippen LogP contribution in [0.5, 0.6) is 0 Å².